The summed E-state index contributed by atoms with van der Waals surface area (Å²) in [6, 6.07) is 5.33. The number of thiophene rings is 1. The van der Waals surface area contributed by atoms with Crippen LogP contribution in [0.2, 0.25) is 5.02 Å². The molecule has 0 saturated carbocycles. The van der Waals surface area contributed by atoms with Gasteiger partial charge in [-0.15, -0.1) is 0 Å². The minimum Gasteiger partial charge on any atom is -0.399 e. The van der Waals surface area contributed by atoms with Gasteiger partial charge in [-0.2, -0.15) is 11.3 Å². The number of benzene rings is 1. The molecular weight excluding hydrogens is 294 g/mol. The van der Waals surface area contributed by atoms with Crippen molar-refractivity contribution in [2.75, 3.05) is 11.1 Å². The number of nitrogens with one attached hydrogen (secondary N) is 1. The summed E-state index contributed by atoms with van der Waals surface area (Å²) >= 11 is 7.81. The van der Waals surface area contributed by atoms with E-state index in [0.717, 1.165) is 6.42 Å². The van der Waals surface area contributed by atoms with Crippen molar-refractivity contribution in [3.63, 3.8) is 0 Å². The highest BCUT2D eigenvalue weighted by Gasteiger charge is 2.15. The number of carbonyl (C=O) groups excluding carboxylic acids is 1. The zero-order chi connectivity index (χ0) is 14.7. The van der Waals surface area contributed by atoms with Crippen molar-refractivity contribution in [2.24, 2.45) is 5.73 Å². The van der Waals surface area contributed by atoms with E-state index in [0.29, 0.717) is 22.0 Å². The van der Waals surface area contributed by atoms with E-state index in [1.807, 2.05) is 12.3 Å². The van der Waals surface area contributed by atoms with Crippen LogP contribution in [0.5, 0.6) is 0 Å². The second kappa shape index (κ2) is 6.15. The van der Waals surface area contributed by atoms with E-state index < -0.39 is 5.91 Å². The minimum atomic E-state index is -0.551. The maximum atomic E-state index is 11.5. The van der Waals surface area contributed by atoms with Gasteiger partial charge in [0.15, 0.2) is 0 Å². The molecule has 1 amide bonds. The summed E-state index contributed by atoms with van der Waals surface area (Å²) in [6.07, 6.45) is 0.836. The highest BCUT2D eigenvalue weighted by molar-refractivity contribution is 7.07. The molecule has 20 heavy (non-hydrogen) atoms. The van der Waals surface area contributed by atoms with Gasteiger partial charge in [-0.3, -0.25) is 4.79 Å². The Hall–Kier alpha value is -1.72. The van der Waals surface area contributed by atoms with Crippen molar-refractivity contribution in [1.29, 1.82) is 0 Å². The number of hydrogen-bond donors (Lipinski definition) is 3. The van der Waals surface area contributed by atoms with Crippen LogP contribution in [0.25, 0.3) is 0 Å². The smallest absolute Gasteiger partial charge is 0.250 e. The molecule has 0 spiro atoms. The topological polar surface area (TPSA) is 81.1 Å². The second-order valence-corrected chi connectivity index (χ2v) is 5.86. The fourth-order valence-corrected chi connectivity index (χ4v) is 2.99. The minimum absolute atomic E-state index is 0.115. The van der Waals surface area contributed by atoms with E-state index in [1.54, 1.807) is 17.4 Å². The highest BCUT2D eigenvalue weighted by atomic mass is 35.5. The molecular formula is C14H16ClN3OS. The monoisotopic (exact) mass is 309 g/mol. The summed E-state index contributed by atoms with van der Waals surface area (Å²) in [5.74, 6) is -0.551. The number of nitrogens with two attached hydrogens (primary N) is 2. The molecule has 0 aliphatic heterocycles. The lowest BCUT2D eigenvalue weighted by Crippen LogP contribution is -2.22. The number of nitrogen functional groups attached to an aromatic ring is 1. The number of anilines is 2. The second-order valence-electron chi connectivity index (χ2n) is 4.67. The van der Waals surface area contributed by atoms with Crippen molar-refractivity contribution in [1.82, 2.24) is 0 Å². The van der Waals surface area contributed by atoms with Gasteiger partial charge in [0.25, 0.3) is 5.91 Å². The Morgan fingerprint density at radius 1 is 1.50 bits per heavy atom. The quantitative estimate of drug-likeness (QED) is 0.742. The molecule has 1 unspecified atom stereocenters. The molecule has 0 bridgehead atoms. The summed E-state index contributed by atoms with van der Waals surface area (Å²) in [7, 11) is 0. The van der Waals surface area contributed by atoms with Gasteiger partial charge >= 0.3 is 0 Å². The lowest BCUT2D eigenvalue weighted by Gasteiger charge is -2.18. The van der Waals surface area contributed by atoms with Crippen molar-refractivity contribution in [2.45, 2.75) is 19.4 Å². The van der Waals surface area contributed by atoms with Crippen LogP contribution in [-0.2, 0) is 6.42 Å². The van der Waals surface area contributed by atoms with E-state index >= 15 is 0 Å². The summed E-state index contributed by atoms with van der Waals surface area (Å²) in [5.41, 5.74) is 13.6. The molecule has 2 rings (SSSR count). The number of carbonyl (C=O) groups is 1. The number of primary amides is 1. The first-order valence-electron chi connectivity index (χ1n) is 6.14. The SMILES string of the molecule is CC(Cc1ccsc1)Nc1c(Cl)cc(N)cc1C(N)=O. The highest BCUT2D eigenvalue weighted by Crippen LogP contribution is 2.30. The van der Waals surface area contributed by atoms with Crippen molar-refractivity contribution in [3.05, 3.63) is 45.1 Å². The molecule has 6 heteroatoms. The number of rotatable bonds is 5. The van der Waals surface area contributed by atoms with E-state index in [-0.39, 0.29) is 6.04 Å². The zero-order valence-corrected chi connectivity index (χ0v) is 12.6. The molecule has 2 aromatic rings. The summed E-state index contributed by atoms with van der Waals surface area (Å²) in [6.45, 7) is 2.02. The number of hydrogen-bond acceptors (Lipinski definition) is 4. The van der Waals surface area contributed by atoms with Crippen LogP contribution in [0.4, 0.5) is 11.4 Å². The van der Waals surface area contributed by atoms with Gasteiger partial charge in [0.2, 0.25) is 0 Å². The number of amides is 1. The maximum absolute atomic E-state index is 11.5. The fraction of sp³-hybridized carbons (Fsp3) is 0.214. The first-order chi connectivity index (χ1) is 9.47. The Labute approximate surface area is 126 Å². The zero-order valence-electron chi connectivity index (χ0n) is 11.0. The predicted octanol–water partition coefficient (Wildman–Crippen LogP) is 3.13. The summed E-state index contributed by atoms with van der Waals surface area (Å²) in [4.78, 5) is 11.5. The van der Waals surface area contributed by atoms with Crippen LogP contribution >= 0.6 is 22.9 Å². The lowest BCUT2D eigenvalue weighted by molar-refractivity contribution is 0.100. The fourth-order valence-electron chi connectivity index (χ4n) is 2.03. The molecule has 1 atom stereocenters. The van der Waals surface area contributed by atoms with E-state index in [4.69, 9.17) is 23.1 Å². The first kappa shape index (κ1) is 14.7. The molecule has 0 radical (unpaired) electrons. The first-order valence-corrected chi connectivity index (χ1v) is 7.46. The molecule has 1 aromatic carbocycles. The normalized spacial score (nSPS) is 12.1. The predicted molar refractivity (Wildman–Crippen MR) is 85.5 cm³/mol. The molecule has 0 aliphatic rings. The van der Waals surface area contributed by atoms with Gasteiger partial charge in [0.1, 0.15) is 0 Å². The van der Waals surface area contributed by atoms with Crippen LogP contribution in [0.15, 0.2) is 29.0 Å². The van der Waals surface area contributed by atoms with Crippen molar-refractivity contribution < 1.29 is 4.79 Å². The summed E-state index contributed by atoms with van der Waals surface area (Å²) in [5, 5.41) is 7.77. The molecule has 5 N–H and O–H groups in total. The lowest BCUT2D eigenvalue weighted by atomic mass is 10.1. The Bertz CT molecular complexity index is 613. The average Bonchev–Trinajstić information content (AvgIpc) is 2.84. The van der Waals surface area contributed by atoms with Crippen molar-refractivity contribution >= 4 is 40.2 Å². The van der Waals surface area contributed by atoms with Gasteiger partial charge in [-0.1, -0.05) is 11.6 Å². The van der Waals surface area contributed by atoms with Gasteiger partial charge < -0.3 is 16.8 Å². The molecule has 1 aromatic heterocycles. The summed E-state index contributed by atoms with van der Waals surface area (Å²) < 4.78 is 0. The van der Waals surface area contributed by atoms with Crippen LogP contribution in [0, 0.1) is 0 Å². The molecule has 1 heterocycles. The Morgan fingerprint density at radius 3 is 2.85 bits per heavy atom. The average molecular weight is 310 g/mol. The van der Waals surface area contributed by atoms with Crippen LogP contribution in [0.1, 0.15) is 22.8 Å². The van der Waals surface area contributed by atoms with Gasteiger partial charge in [-0.05, 0) is 47.9 Å². The molecule has 0 aliphatic carbocycles. The van der Waals surface area contributed by atoms with Gasteiger partial charge in [-0.25, -0.2) is 0 Å². The third-order valence-corrected chi connectivity index (χ3v) is 3.92. The Morgan fingerprint density at radius 2 is 2.25 bits per heavy atom. The Balaban J connectivity index is 2.22. The molecule has 106 valence electrons. The van der Waals surface area contributed by atoms with Gasteiger partial charge in [0, 0.05) is 11.7 Å². The molecule has 0 fully saturated rings. The van der Waals surface area contributed by atoms with E-state index in [9.17, 15) is 4.79 Å². The standard InChI is InChI=1S/C14H16ClN3OS/c1-8(4-9-2-3-20-7-9)18-13-11(14(17)19)5-10(16)6-12(13)15/h2-3,5-8,18H,4,16H2,1H3,(H2,17,19). The van der Waals surface area contributed by atoms with Crippen LogP contribution in [0.3, 0.4) is 0 Å². The molecule has 4 nitrogen and oxygen atoms in total. The van der Waals surface area contributed by atoms with E-state index in [2.05, 4.69) is 16.8 Å². The third-order valence-electron chi connectivity index (χ3n) is 2.89. The third kappa shape index (κ3) is 3.43. The maximum Gasteiger partial charge on any atom is 0.250 e. The van der Waals surface area contributed by atoms with Crippen LogP contribution < -0.4 is 16.8 Å². The molecule has 0 saturated heterocycles. The van der Waals surface area contributed by atoms with E-state index in [1.165, 1.54) is 11.6 Å². The largest absolute Gasteiger partial charge is 0.399 e. The van der Waals surface area contributed by atoms with Crippen LogP contribution in [-0.4, -0.2) is 11.9 Å². The van der Waals surface area contributed by atoms with Gasteiger partial charge in [0.05, 0.1) is 16.3 Å². The Kier molecular flexibility index (Phi) is 4.52. The van der Waals surface area contributed by atoms with Crippen molar-refractivity contribution in [3.8, 4) is 0 Å². The number of halogens is 1.